The maximum Gasteiger partial charge on any atom is 0.0926 e. The second kappa shape index (κ2) is 2.72. The zero-order valence-electron chi connectivity index (χ0n) is 5.65. The normalized spacial score (nSPS) is 47.0. The minimum absolute atomic E-state index is 0. The zero-order valence-corrected chi connectivity index (χ0v) is 7.81. The van der Waals surface area contributed by atoms with E-state index in [1.54, 1.807) is 4.90 Å². The SMILES string of the molecule is C[NH+]1CC2CC(C1)N2.[I-]. The molecule has 0 aromatic carbocycles. The third-order valence-corrected chi connectivity index (χ3v) is 2.23. The Morgan fingerprint density at radius 1 is 1.33 bits per heavy atom. The first-order valence-corrected chi connectivity index (χ1v) is 3.42. The lowest BCUT2D eigenvalue weighted by atomic mass is 9.92. The van der Waals surface area contributed by atoms with Crippen molar-refractivity contribution in [3.8, 4) is 0 Å². The van der Waals surface area contributed by atoms with Crippen LogP contribution in [0.4, 0.5) is 0 Å². The number of quaternary nitrogens is 1. The molecule has 3 heteroatoms. The van der Waals surface area contributed by atoms with Crippen LogP contribution in [0.5, 0.6) is 0 Å². The highest BCUT2D eigenvalue weighted by atomic mass is 127. The standard InChI is InChI=1S/C6H12N2.HI/c1-8-3-5-2-6(4-8)7-5;/h5-7H,2-4H2,1H3;1H. The lowest BCUT2D eigenvalue weighted by Crippen LogP contribution is -3.16. The van der Waals surface area contributed by atoms with E-state index in [1.165, 1.54) is 19.5 Å². The van der Waals surface area contributed by atoms with Gasteiger partial charge in [0.05, 0.1) is 32.2 Å². The Balaban J connectivity index is 0.000000405. The van der Waals surface area contributed by atoms with Gasteiger partial charge in [-0.05, 0) is 6.42 Å². The smallest absolute Gasteiger partial charge is 0.0926 e. The van der Waals surface area contributed by atoms with Crippen LogP contribution in [-0.4, -0.2) is 32.2 Å². The Bertz CT molecular complexity index is 91.2. The van der Waals surface area contributed by atoms with Crippen LogP contribution in [0.1, 0.15) is 6.42 Å². The molecule has 2 atom stereocenters. The molecule has 2 bridgehead atoms. The summed E-state index contributed by atoms with van der Waals surface area (Å²) < 4.78 is 0. The molecule has 2 nitrogen and oxygen atoms in total. The van der Waals surface area contributed by atoms with E-state index in [9.17, 15) is 0 Å². The van der Waals surface area contributed by atoms with Gasteiger partial charge in [0.25, 0.3) is 0 Å². The number of rotatable bonds is 0. The fourth-order valence-corrected chi connectivity index (χ4v) is 1.86. The average molecular weight is 240 g/mol. The van der Waals surface area contributed by atoms with E-state index in [2.05, 4.69) is 12.4 Å². The number of halogens is 1. The van der Waals surface area contributed by atoms with Gasteiger partial charge in [0.1, 0.15) is 0 Å². The van der Waals surface area contributed by atoms with Crippen LogP contribution in [0.15, 0.2) is 0 Å². The minimum atomic E-state index is 0. The number of piperazine rings is 1. The third kappa shape index (κ3) is 1.38. The monoisotopic (exact) mass is 240 g/mol. The van der Waals surface area contributed by atoms with Crippen molar-refractivity contribution in [1.29, 1.82) is 0 Å². The van der Waals surface area contributed by atoms with Gasteiger partial charge in [-0.2, -0.15) is 0 Å². The van der Waals surface area contributed by atoms with Crippen LogP contribution in [0, 0.1) is 0 Å². The van der Waals surface area contributed by atoms with Gasteiger partial charge in [0.15, 0.2) is 0 Å². The molecule has 2 unspecified atom stereocenters. The van der Waals surface area contributed by atoms with E-state index in [4.69, 9.17) is 0 Å². The van der Waals surface area contributed by atoms with E-state index in [0.29, 0.717) is 0 Å². The molecule has 0 spiro atoms. The Hall–Kier alpha value is 0.650. The van der Waals surface area contributed by atoms with Crippen LogP contribution in [0.25, 0.3) is 0 Å². The summed E-state index contributed by atoms with van der Waals surface area (Å²) in [5, 5.41) is 3.49. The molecule has 3 fully saturated rings. The van der Waals surface area contributed by atoms with Crippen LogP contribution < -0.4 is 34.2 Å². The highest BCUT2D eigenvalue weighted by Gasteiger charge is 2.37. The molecule has 2 N–H and O–H groups in total. The van der Waals surface area contributed by atoms with Crippen molar-refractivity contribution in [2.45, 2.75) is 18.5 Å². The number of likely N-dealkylation sites (N-methyl/N-ethyl adjacent to an activating group) is 1. The topological polar surface area (TPSA) is 16.5 Å². The van der Waals surface area contributed by atoms with Crippen LogP contribution in [0.3, 0.4) is 0 Å². The summed E-state index contributed by atoms with van der Waals surface area (Å²) in [4.78, 5) is 1.70. The van der Waals surface area contributed by atoms with Gasteiger partial charge in [-0.1, -0.05) is 0 Å². The third-order valence-electron chi connectivity index (χ3n) is 2.23. The van der Waals surface area contributed by atoms with Gasteiger partial charge < -0.3 is 34.2 Å². The molecule has 0 aromatic rings. The minimum Gasteiger partial charge on any atom is -1.00 e. The van der Waals surface area contributed by atoms with Crippen molar-refractivity contribution in [1.82, 2.24) is 5.32 Å². The molecule has 0 radical (unpaired) electrons. The fraction of sp³-hybridized carbons (Fsp3) is 1.00. The van der Waals surface area contributed by atoms with Gasteiger partial charge in [-0.3, -0.25) is 0 Å². The number of fused-ring (bicyclic) bond motifs is 2. The predicted octanol–water partition coefficient (Wildman–Crippen LogP) is -4.75. The molecule has 9 heavy (non-hydrogen) atoms. The van der Waals surface area contributed by atoms with Crippen molar-refractivity contribution < 1.29 is 28.9 Å². The van der Waals surface area contributed by atoms with Gasteiger partial charge in [-0.25, -0.2) is 0 Å². The summed E-state index contributed by atoms with van der Waals surface area (Å²) in [5.74, 6) is 0. The second-order valence-corrected chi connectivity index (χ2v) is 3.16. The molecule has 54 valence electrons. The number of hydrogen-bond donors (Lipinski definition) is 2. The first-order chi connectivity index (χ1) is 3.84. The Labute approximate surface area is 73.0 Å². The Kier molecular flexibility index (Phi) is 2.34. The van der Waals surface area contributed by atoms with Crippen molar-refractivity contribution in [2.24, 2.45) is 0 Å². The summed E-state index contributed by atoms with van der Waals surface area (Å²) >= 11 is 0. The summed E-state index contributed by atoms with van der Waals surface area (Å²) in [6.45, 7) is 2.69. The molecule has 3 saturated heterocycles. The highest BCUT2D eigenvalue weighted by molar-refractivity contribution is 4.90. The van der Waals surface area contributed by atoms with Crippen molar-refractivity contribution in [2.75, 3.05) is 20.1 Å². The van der Waals surface area contributed by atoms with Crippen molar-refractivity contribution in [3.63, 3.8) is 0 Å². The molecule has 0 aromatic heterocycles. The molecule has 0 saturated carbocycles. The van der Waals surface area contributed by atoms with E-state index in [-0.39, 0.29) is 24.0 Å². The molecule has 3 aliphatic rings. The molecule has 0 aliphatic carbocycles. The maximum absolute atomic E-state index is 3.49. The van der Waals surface area contributed by atoms with E-state index in [1.807, 2.05) is 0 Å². The van der Waals surface area contributed by atoms with Crippen molar-refractivity contribution >= 4 is 0 Å². The number of hydrogen-bond acceptors (Lipinski definition) is 1. The fourth-order valence-electron chi connectivity index (χ4n) is 1.86. The van der Waals surface area contributed by atoms with E-state index in [0.717, 1.165) is 12.1 Å². The summed E-state index contributed by atoms with van der Waals surface area (Å²) in [6.07, 6.45) is 1.44. The molecular weight excluding hydrogens is 227 g/mol. The first-order valence-electron chi connectivity index (χ1n) is 3.42. The van der Waals surface area contributed by atoms with E-state index >= 15 is 0 Å². The number of nitrogens with one attached hydrogen (secondary N) is 2. The molecule has 3 rings (SSSR count). The molecule has 3 heterocycles. The highest BCUT2D eigenvalue weighted by Crippen LogP contribution is 2.10. The predicted molar refractivity (Wildman–Crippen MR) is 31.9 cm³/mol. The lowest BCUT2D eigenvalue weighted by Gasteiger charge is -2.44. The maximum atomic E-state index is 3.49. The van der Waals surface area contributed by atoms with Crippen LogP contribution in [-0.2, 0) is 0 Å². The van der Waals surface area contributed by atoms with E-state index < -0.39 is 0 Å². The Morgan fingerprint density at radius 2 is 1.78 bits per heavy atom. The van der Waals surface area contributed by atoms with Gasteiger partial charge in [-0.15, -0.1) is 0 Å². The summed E-state index contributed by atoms with van der Waals surface area (Å²) in [7, 11) is 2.28. The zero-order chi connectivity index (χ0) is 5.56. The Morgan fingerprint density at radius 3 is 2.00 bits per heavy atom. The quantitative estimate of drug-likeness (QED) is 0.406. The average Bonchev–Trinajstić information content (AvgIpc) is 1.62. The van der Waals surface area contributed by atoms with Crippen molar-refractivity contribution in [3.05, 3.63) is 0 Å². The van der Waals surface area contributed by atoms with Gasteiger partial charge >= 0.3 is 0 Å². The van der Waals surface area contributed by atoms with Gasteiger partial charge in [0.2, 0.25) is 0 Å². The number of piperidine rings is 1. The first kappa shape index (κ1) is 7.75. The molecule has 0 amide bonds. The van der Waals surface area contributed by atoms with Crippen LogP contribution >= 0.6 is 0 Å². The second-order valence-electron chi connectivity index (χ2n) is 3.16. The van der Waals surface area contributed by atoms with Crippen LogP contribution in [0.2, 0.25) is 0 Å². The molecule has 3 aliphatic heterocycles. The van der Waals surface area contributed by atoms with Gasteiger partial charge in [0, 0.05) is 0 Å². The summed E-state index contributed by atoms with van der Waals surface area (Å²) in [6, 6.07) is 1.74. The lowest BCUT2D eigenvalue weighted by molar-refractivity contribution is -0.893. The largest absolute Gasteiger partial charge is 1.00 e. The summed E-state index contributed by atoms with van der Waals surface area (Å²) in [5.41, 5.74) is 0. The molecular formula is C6H13IN2.